The summed E-state index contributed by atoms with van der Waals surface area (Å²) < 4.78 is 1.15. The number of para-hydroxylation sites is 1. The summed E-state index contributed by atoms with van der Waals surface area (Å²) in [6.45, 7) is 4.39. The van der Waals surface area contributed by atoms with E-state index in [1.807, 2.05) is 56.4 Å². The highest BCUT2D eigenvalue weighted by Gasteiger charge is 2.24. The number of quaternary nitrogens is 1. The molecule has 0 saturated carbocycles. The van der Waals surface area contributed by atoms with E-state index in [0.29, 0.717) is 6.54 Å². The van der Waals surface area contributed by atoms with Crippen molar-refractivity contribution in [1.29, 1.82) is 0 Å². The van der Waals surface area contributed by atoms with Gasteiger partial charge in [0.1, 0.15) is 6.04 Å². The molecule has 0 aliphatic heterocycles. The number of rotatable bonds is 7. The zero-order valence-electron chi connectivity index (χ0n) is 17.2. The van der Waals surface area contributed by atoms with Crippen LogP contribution < -0.4 is 10.2 Å². The van der Waals surface area contributed by atoms with Crippen molar-refractivity contribution in [2.75, 3.05) is 32.5 Å². The third-order valence-corrected chi connectivity index (χ3v) is 6.21. The summed E-state index contributed by atoms with van der Waals surface area (Å²) in [5, 5.41) is 3.83. The van der Waals surface area contributed by atoms with Crippen molar-refractivity contribution in [3.63, 3.8) is 0 Å². The van der Waals surface area contributed by atoms with Gasteiger partial charge in [0.2, 0.25) is 5.91 Å². The van der Waals surface area contributed by atoms with Gasteiger partial charge in [0, 0.05) is 12.7 Å². The smallest absolute Gasteiger partial charge is 0.277 e. The Balaban J connectivity index is 1.53. The Kier molecular flexibility index (Phi) is 6.61. The summed E-state index contributed by atoms with van der Waals surface area (Å²) >= 11 is 1.66. The Hall–Kier alpha value is -2.77. The summed E-state index contributed by atoms with van der Waals surface area (Å²) in [5.41, 5.74) is 2.85. The van der Waals surface area contributed by atoms with Crippen LogP contribution in [0.15, 0.2) is 48.5 Å². The first-order valence-corrected chi connectivity index (χ1v) is 10.4. The molecule has 2 N–H and O–H groups in total. The maximum absolute atomic E-state index is 12.6. The van der Waals surface area contributed by atoms with Gasteiger partial charge in [-0.1, -0.05) is 29.8 Å². The SMILES string of the molecule is Cc1ccc(NC(=O)CN(C)C(=O)C[NH+](C)[C@@H](C)c2nc3ccccc3s2)cc1. The molecule has 2 aromatic carbocycles. The lowest BCUT2D eigenvalue weighted by molar-refractivity contribution is -0.902. The van der Waals surface area contributed by atoms with Gasteiger partial charge in [-0.05, 0) is 38.1 Å². The van der Waals surface area contributed by atoms with Crippen LogP contribution in [0.4, 0.5) is 5.69 Å². The Bertz CT molecular complexity index is 966. The second kappa shape index (κ2) is 9.15. The van der Waals surface area contributed by atoms with Crippen LogP contribution in [0, 0.1) is 6.92 Å². The number of carbonyl (C=O) groups is 2. The standard InChI is InChI=1S/C22H26N4O2S/c1-15-9-11-17(12-10-15)23-20(27)13-26(4)21(28)14-25(3)16(2)22-24-18-7-5-6-8-19(18)29-22/h5-12,16H,13-14H2,1-4H3,(H,23,27)/p+1/t16-/m0/s1. The monoisotopic (exact) mass is 411 g/mol. The number of hydrogen-bond donors (Lipinski definition) is 2. The maximum atomic E-state index is 12.6. The first kappa shape index (κ1) is 21.0. The fraction of sp³-hybridized carbons (Fsp3) is 0.318. The van der Waals surface area contributed by atoms with Crippen LogP contribution in [0.1, 0.15) is 23.5 Å². The van der Waals surface area contributed by atoms with Gasteiger partial charge in [0.25, 0.3) is 5.91 Å². The molecule has 29 heavy (non-hydrogen) atoms. The molecule has 1 unspecified atom stereocenters. The highest BCUT2D eigenvalue weighted by Crippen LogP contribution is 2.24. The highest BCUT2D eigenvalue weighted by atomic mass is 32.1. The predicted molar refractivity (Wildman–Crippen MR) is 117 cm³/mol. The van der Waals surface area contributed by atoms with Gasteiger partial charge < -0.3 is 15.1 Å². The minimum absolute atomic E-state index is 0.0233. The summed E-state index contributed by atoms with van der Waals surface area (Å²) in [4.78, 5) is 32.0. The van der Waals surface area contributed by atoms with E-state index >= 15 is 0 Å². The van der Waals surface area contributed by atoms with Crippen molar-refractivity contribution >= 4 is 39.1 Å². The second-order valence-electron chi connectivity index (χ2n) is 7.43. The summed E-state index contributed by atoms with van der Waals surface area (Å²) in [5.74, 6) is -0.281. The summed E-state index contributed by atoms with van der Waals surface area (Å²) in [6.07, 6.45) is 0. The highest BCUT2D eigenvalue weighted by molar-refractivity contribution is 7.18. The topological polar surface area (TPSA) is 66.7 Å². The number of aryl methyl sites for hydroxylation is 1. The van der Waals surface area contributed by atoms with Gasteiger partial charge >= 0.3 is 0 Å². The molecule has 0 radical (unpaired) electrons. The molecule has 0 bridgehead atoms. The van der Waals surface area contributed by atoms with Gasteiger partial charge in [-0.2, -0.15) is 0 Å². The first-order chi connectivity index (χ1) is 13.8. The third-order valence-electron chi connectivity index (χ3n) is 4.99. The van der Waals surface area contributed by atoms with E-state index in [1.54, 1.807) is 18.4 Å². The molecule has 1 heterocycles. The van der Waals surface area contributed by atoms with E-state index < -0.39 is 0 Å². The lowest BCUT2D eigenvalue weighted by atomic mass is 10.2. The van der Waals surface area contributed by atoms with E-state index in [4.69, 9.17) is 4.98 Å². The molecule has 6 nitrogen and oxygen atoms in total. The van der Waals surface area contributed by atoms with Crippen LogP contribution in [0.3, 0.4) is 0 Å². The largest absolute Gasteiger partial charge is 0.332 e. The summed E-state index contributed by atoms with van der Waals surface area (Å²) in [6, 6.07) is 15.7. The molecule has 0 aliphatic rings. The Morgan fingerprint density at radius 3 is 2.55 bits per heavy atom. The van der Waals surface area contributed by atoms with E-state index in [0.717, 1.165) is 31.4 Å². The summed E-state index contributed by atoms with van der Waals surface area (Å²) in [7, 11) is 3.64. The van der Waals surface area contributed by atoms with Crippen molar-refractivity contribution in [2.45, 2.75) is 19.9 Å². The fourth-order valence-corrected chi connectivity index (χ4v) is 4.07. The van der Waals surface area contributed by atoms with E-state index in [1.165, 1.54) is 4.90 Å². The normalized spacial score (nSPS) is 13.1. The molecule has 3 rings (SSSR count). The lowest BCUT2D eigenvalue weighted by Gasteiger charge is -2.23. The van der Waals surface area contributed by atoms with Gasteiger partial charge in [-0.3, -0.25) is 9.59 Å². The number of carbonyl (C=O) groups excluding carboxylic acids is 2. The zero-order chi connectivity index (χ0) is 21.0. The molecular weight excluding hydrogens is 384 g/mol. The third kappa shape index (κ3) is 5.40. The molecule has 152 valence electrons. The van der Waals surface area contributed by atoms with Crippen molar-refractivity contribution in [3.05, 3.63) is 59.1 Å². The fourth-order valence-electron chi connectivity index (χ4n) is 2.95. The van der Waals surface area contributed by atoms with Crippen molar-refractivity contribution in [2.24, 2.45) is 0 Å². The number of likely N-dealkylation sites (N-methyl/N-ethyl adjacent to an activating group) is 2. The average Bonchev–Trinajstić information content (AvgIpc) is 3.13. The van der Waals surface area contributed by atoms with Crippen molar-refractivity contribution < 1.29 is 14.5 Å². The lowest BCUT2D eigenvalue weighted by Crippen LogP contribution is -3.10. The predicted octanol–water partition coefficient (Wildman–Crippen LogP) is 2.28. The number of fused-ring (bicyclic) bond motifs is 1. The molecule has 0 fully saturated rings. The van der Waals surface area contributed by atoms with Crippen LogP contribution in [0.5, 0.6) is 0 Å². The van der Waals surface area contributed by atoms with E-state index in [-0.39, 0.29) is 24.4 Å². The second-order valence-corrected chi connectivity index (χ2v) is 8.49. The number of aromatic nitrogens is 1. The maximum Gasteiger partial charge on any atom is 0.277 e. The first-order valence-electron chi connectivity index (χ1n) is 9.61. The zero-order valence-corrected chi connectivity index (χ0v) is 18.0. The van der Waals surface area contributed by atoms with Crippen LogP contribution in [0.25, 0.3) is 10.2 Å². The van der Waals surface area contributed by atoms with E-state index in [9.17, 15) is 9.59 Å². The van der Waals surface area contributed by atoms with Crippen LogP contribution >= 0.6 is 11.3 Å². The number of hydrogen-bond acceptors (Lipinski definition) is 4. The van der Waals surface area contributed by atoms with Crippen LogP contribution in [-0.2, 0) is 9.59 Å². The molecule has 3 aromatic rings. The molecule has 0 saturated heterocycles. The molecule has 2 amide bonds. The van der Waals surface area contributed by atoms with E-state index in [2.05, 4.69) is 18.3 Å². The number of thiazole rings is 1. The minimum Gasteiger partial charge on any atom is -0.332 e. The van der Waals surface area contributed by atoms with Gasteiger partial charge in [-0.15, -0.1) is 11.3 Å². The van der Waals surface area contributed by atoms with Gasteiger partial charge in [0.15, 0.2) is 11.6 Å². The Morgan fingerprint density at radius 1 is 1.17 bits per heavy atom. The Labute approximate surface area is 175 Å². The molecule has 7 heteroatoms. The van der Waals surface area contributed by atoms with Crippen molar-refractivity contribution in [1.82, 2.24) is 9.88 Å². The number of benzene rings is 2. The number of nitrogens with zero attached hydrogens (tertiary/aromatic N) is 2. The van der Waals surface area contributed by atoms with Crippen LogP contribution in [0.2, 0.25) is 0 Å². The Morgan fingerprint density at radius 2 is 1.86 bits per heavy atom. The van der Waals surface area contributed by atoms with Crippen LogP contribution in [-0.4, -0.2) is 48.9 Å². The van der Waals surface area contributed by atoms with Gasteiger partial charge in [-0.25, -0.2) is 4.98 Å². The minimum atomic E-state index is -0.207. The number of amides is 2. The molecular formula is C22H27N4O2S+. The number of nitrogens with one attached hydrogen (secondary N) is 2. The molecule has 2 atom stereocenters. The molecule has 0 spiro atoms. The van der Waals surface area contributed by atoms with Gasteiger partial charge in [0.05, 0.1) is 23.8 Å². The molecule has 0 aliphatic carbocycles. The quantitative estimate of drug-likeness (QED) is 0.627. The molecule has 1 aromatic heterocycles. The van der Waals surface area contributed by atoms with Crippen molar-refractivity contribution in [3.8, 4) is 0 Å². The average molecular weight is 412 g/mol. The number of anilines is 1.